The van der Waals surface area contributed by atoms with Crippen LogP contribution >= 0.6 is 12.4 Å². The second kappa shape index (κ2) is 6.09. The van der Waals surface area contributed by atoms with Gasteiger partial charge in [-0.2, -0.15) is 0 Å². The van der Waals surface area contributed by atoms with Gasteiger partial charge in [-0.25, -0.2) is 4.39 Å². The summed E-state index contributed by atoms with van der Waals surface area (Å²) in [6, 6.07) is 10.1. The van der Waals surface area contributed by atoms with Crippen LogP contribution in [-0.2, 0) is 6.54 Å². The monoisotopic (exact) mass is 229 g/mol. The molecule has 84 valence electrons. The Bertz CT molecular complexity index is 278. The van der Waals surface area contributed by atoms with Gasteiger partial charge in [0.15, 0.2) is 6.30 Å². The smallest absolute Gasteiger partial charge is 0.153 e. The fourth-order valence-electron chi connectivity index (χ4n) is 1.95. The maximum atomic E-state index is 13.5. The van der Waals surface area contributed by atoms with Gasteiger partial charge in [-0.3, -0.25) is 4.90 Å². The van der Waals surface area contributed by atoms with Crippen LogP contribution in [0.1, 0.15) is 24.8 Å². The lowest BCUT2D eigenvalue weighted by atomic mass is 10.1. The molecule has 0 aliphatic carbocycles. The van der Waals surface area contributed by atoms with Crippen LogP contribution in [0.3, 0.4) is 0 Å². The van der Waals surface area contributed by atoms with Crippen LogP contribution in [-0.4, -0.2) is 17.7 Å². The summed E-state index contributed by atoms with van der Waals surface area (Å²) in [7, 11) is 0. The van der Waals surface area contributed by atoms with Crippen LogP contribution in [0, 0.1) is 0 Å². The van der Waals surface area contributed by atoms with E-state index < -0.39 is 6.30 Å². The van der Waals surface area contributed by atoms with Gasteiger partial charge in [0.2, 0.25) is 0 Å². The Morgan fingerprint density at radius 2 is 1.93 bits per heavy atom. The molecule has 1 aliphatic heterocycles. The maximum Gasteiger partial charge on any atom is 0.153 e. The molecule has 1 unspecified atom stereocenters. The highest BCUT2D eigenvalue weighted by atomic mass is 35.5. The Hall–Kier alpha value is -0.600. The van der Waals surface area contributed by atoms with E-state index in [1.54, 1.807) is 0 Å². The molecule has 1 aliphatic rings. The average molecular weight is 230 g/mol. The number of hydrogen-bond donors (Lipinski definition) is 0. The summed E-state index contributed by atoms with van der Waals surface area (Å²) in [4.78, 5) is 1.93. The molecule has 1 fully saturated rings. The fourth-order valence-corrected chi connectivity index (χ4v) is 1.95. The molecule has 15 heavy (non-hydrogen) atoms. The second-order valence-electron chi connectivity index (χ2n) is 3.89. The number of alkyl halides is 1. The molecule has 3 heteroatoms. The van der Waals surface area contributed by atoms with Crippen molar-refractivity contribution in [3.63, 3.8) is 0 Å². The van der Waals surface area contributed by atoms with Crippen molar-refractivity contribution in [1.82, 2.24) is 4.90 Å². The normalized spacial score (nSPS) is 22.1. The Labute approximate surface area is 96.7 Å². The molecule has 0 spiro atoms. The van der Waals surface area contributed by atoms with Gasteiger partial charge < -0.3 is 0 Å². The van der Waals surface area contributed by atoms with E-state index in [0.717, 1.165) is 25.9 Å². The van der Waals surface area contributed by atoms with Gasteiger partial charge >= 0.3 is 0 Å². The third-order valence-corrected chi connectivity index (χ3v) is 2.76. The molecule has 0 bridgehead atoms. The van der Waals surface area contributed by atoms with E-state index in [4.69, 9.17) is 0 Å². The Balaban J connectivity index is 0.00000112. The van der Waals surface area contributed by atoms with E-state index >= 15 is 0 Å². The molecule has 1 heterocycles. The highest BCUT2D eigenvalue weighted by Gasteiger charge is 2.20. The van der Waals surface area contributed by atoms with E-state index in [-0.39, 0.29) is 12.4 Å². The van der Waals surface area contributed by atoms with Gasteiger partial charge in [0.05, 0.1) is 0 Å². The fraction of sp³-hybridized carbons (Fsp3) is 0.500. The van der Waals surface area contributed by atoms with Crippen molar-refractivity contribution in [2.75, 3.05) is 6.54 Å². The molecule has 0 aromatic heterocycles. The summed E-state index contributed by atoms with van der Waals surface area (Å²) in [6.45, 7) is 1.65. The quantitative estimate of drug-likeness (QED) is 0.703. The molecule has 1 atom stereocenters. The van der Waals surface area contributed by atoms with Crippen molar-refractivity contribution in [3.05, 3.63) is 35.9 Å². The summed E-state index contributed by atoms with van der Waals surface area (Å²) in [5.74, 6) is 0. The third kappa shape index (κ3) is 3.47. The zero-order chi connectivity index (χ0) is 9.80. The maximum absolute atomic E-state index is 13.5. The minimum Gasteiger partial charge on any atom is -0.270 e. The Kier molecular flexibility index (Phi) is 5.06. The lowest BCUT2D eigenvalue weighted by Gasteiger charge is -2.30. The standard InChI is InChI=1S/C12H16FN.ClH/c13-12-8-4-5-9-14(12)10-11-6-2-1-3-7-11;/h1-3,6-7,12H,4-5,8-10H2;1H. The van der Waals surface area contributed by atoms with Crippen molar-refractivity contribution >= 4 is 12.4 Å². The van der Waals surface area contributed by atoms with E-state index in [0.29, 0.717) is 6.42 Å². The summed E-state index contributed by atoms with van der Waals surface area (Å²) in [5, 5.41) is 0. The van der Waals surface area contributed by atoms with Crippen LogP contribution in [0.2, 0.25) is 0 Å². The van der Waals surface area contributed by atoms with Crippen LogP contribution in [0.25, 0.3) is 0 Å². The minimum absolute atomic E-state index is 0. The van der Waals surface area contributed by atoms with Crippen molar-refractivity contribution < 1.29 is 4.39 Å². The van der Waals surface area contributed by atoms with Crippen molar-refractivity contribution in [1.29, 1.82) is 0 Å². The lowest BCUT2D eigenvalue weighted by molar-refractivity contribution is 0.0399. The minimum atomic E-state index is -0.732. The van der Waals surface area contributed by atoms with Gasteiger partial charge in [0.25, 0.3) is 0 Å². The predicted molar refractivity (Wildman–Crippen MR) is 62.8 cm³/mol. The number of likely N-dealkylation sites (tertiary alicyclic amines) is 1. The Morgan fingerprint density at radius 3 is 2.60 bits per heavy atom. The SMILES string of the molecule is Cl.FC1CCCCN1Cc1ccccc1. The predicted octanol–water partition coefficient (Wildman–Crippen LogP) is 3.39. The molecule has 0 radical (unpaired) electrons. The van der Waals surface area contributed by atoms with Crippen LogP contribution in [0.4, 0.5) is 4.39 Å². The molecule has 2 rings (SSSR count). The topological polar surface area (TPSA) is 3.24 Å². The highest BCUT2D eigenvalue weighted by Crippen LogP contribution is 2.19. The number of nitrogens with zero attached hydrogens (tertiary/aromatic N) is 1. The summed E-state index contributed by atoms with van der Waals surface area (Å²) >= 11 is 0. The van der Waals surface area contributed by atoms with Gasteiger partial charge in [0, 0.05) is 13.1 Å². The molecule has 0 saturated carbocycles. The van der Waals surface area contributed by atoms with Gasteiger partial charge in [0.1, 0.15) is 0 Å². The number of piperidine rings is 1. The first-order chi connectivity index (χ1) is 6.86. The number of hydrogen-bond acceptors (Lipinski definition) is 1. The van der Waals surface area contributed by atoms with Crippen molar-refractivity contribution in [2.45, 2.75) is 32.1 Å². The number of benzene rings is 1. The van der Waals surface area contributed by atoms with Crippen LogP contribution in [0.5, 0.6) is 0 Å². The van der Waals surface area contributed by atoms with Gasteiger partial charge in [-0.1, -0.05) is 30.3 Å². The van der Waals surface area contributed by atoms with E-state index in [9.17, 15) is 4.39 Å². The van der Waals surface area contributed by atoms with Crippen molar-refractivity contribution in [3.8, 4) is 0 Å². The summed E-state index contributed by atoms with van der Waals surface area (Å²) in [6.07, 6.45) is 2.14. The highest BCUT2D eigenvalue weighted by molar-refractivity contribution is 5.85. The second-order valence-corrected chi connectivity index (χ2v) is 3.89. The first-order valence-electron chi connectivity index (χ1n) is 5.28. The molecule has 0 amide bonds. The number of halogens is 2. The number of rotatable bonds is 2. The van der Waals surface area contributed by atoms with E-state index in [2.05, 4.69) is 12.1 Å². The first kappa shape index (κ1) is 12.5. The first-order valence-corrected chi connectivity index (χ1v) is 5.28. The van der Waals surface area contributed by atoms with E-state index in [1.165, 1.54) is 5.56 Å². The van der Waals surface area contributed by atoms with Crippen LogP contribution in [0.15, 0.2) is 30.3 Å². The summed E-state index contributed by atoms with van der Waals surface area (Å²) in [5.41, 5.74) is 1.21. The molecule has 1 aromatic rings. The zero-order valence-corrected chi connectivity index (χ0v) is 9.55. The summed E-state index contributed by atoms with van der Waals surface area (Å²) < 4.78 is 13.5. The largest absolute Gasteiger partial charge is 0.270 e. The van der Waals surface area contributed by atoms with Crippen molar-refractivity contribution in [2.24, 2.45) is 0 Å². The molecule has 1 aromatic carbocycles. The zero-order valence-electron chi connectivity index (χ0n) is 8.73. The molecule has 1 nitrogen and oxygen atoms in total. The molecular weight excluding hydrogens is 213 g/mol. The van der Waals surface area contributed by atoms with E-state index in [1.807, 2.05) is 23.1 Å². The van der Waals surface area contributed by atoms with Crippen LogP contribution < -0.4 is 0 Å². The van der Waals surface area contributed by atoms with Gasteiger partial charge in [-0.05, 0) is 24.8 Å². The Morgan fingerprint density at radius 1 is 1.20 bits per heavy atom. The average Bonchev–Trinajstić information content (AvgIpc) is 2.23. The molecular formula is C12H17ClFN. The molecule has 1 saturated heterocycles. The third-order valence-electron chi connectivity index (χ3n) is 2.76. The lowest BCUT2D eigenvalue weighted by Crippen LogP contribution is -2.35. The van der Waals surface area contributed by atoms with Gasteiger partial charge in [-0.15, -0.1) is 12.4 Å². The molecule has 0 N–H and O–H groups in total.